The van der Waals surface area contributed by atoms with Crippen LogP contribution in [0.4, 0.5) is 10.1 Å². The number of benzene rings is 1. The highest BCUT2D eigenvalue weighted by molar-refractivity contribution is 7.92. The quantitative estimate of drug-likeness (QED) is 0.729. The van der Waals surface area contributed by atoms with E-state index in [-0.39, 0.29) is 16.1 Å². The standard InChI is InChI=1S/C16H12FN3O2S2/c17-14-6-11(7-18)1-2-15(14)20-24(21,22)16-9-19-8-13(16)5-12-3-4-23-10-12/h1-4,6,8-10,19-20H,5H2. The smallest absolute Gasteiger partial charge is 0.263 e. The van der Waals surface area contributed by atoms with Gasteiger partial charge in [0.1, 0.15) is 10.7 Å². The summed E-state index contributed by atoms with van der Waals surface area (Å²) in [7, 11) is -3.95. The third-order valence-corrected chi connectivity index (χ3v) is 5.57. The summed E-state index contributed by atoms with van der Waals surface area (Å²) in [6.07, 6.45) is 3.44. The fourth-order valence-corrected chi connectivity index (χ4v) is 4.18. The van der Waals surface area contributed by atoms with Gasteiger partial charge in [0.2, 0.25) is 0 Å². The van der Waals surface area contributed by atoms with E-state index < -0.39 is 15.8 Å². The van der Waals surface area contributed by atoms with Crippen LogP contribution in [0.15, 0.2) is 52.3 Å². The summed E-state index contributed by atoms with van der Waals surface area (Å²) < 4.78 is 41.3. The highest BCUT2D eigenvalue weighted by Crippen LogP contribution is 2.24. The number of hydrogen-bond donors (Lipinski definition) is 2. The van der Waals surface area contributed by atoms with Crippen LogP contribution in [0.25, 0.3) is 0 Å². The maximum absolute atomic E-state index is 13.9. The molecule has 0 unspecified atom stereocenters. The summed E-state index contributed by atoms with van der Waals surface area (Å²) in [5.41, 5.74) is 1.52. The van der Waals surface area contributed by atoms with Gasteiger partial charge in [-0.3, -0.25) is 4.72 Å². The summed E-state index contributed by atoms with van der Waals surface area (Å²) in [5.74, 6) is -0.799. The van der Waals surface area contributed by atoms with Crippen molar-refractivity contribution < 1.29 is 12.8 Å². The average molecular weight is 361 g/mol. The van der Waals surface area contributed by atoms with E-state index in [0.717, 1.165) is 11.6 Å². The van der Waals surface area contributed by atoms with E-state index in [2.05, 4.69) is 9.71 Å². The molecule has 0 bridgehead atoms. The fourth-order valence-electron chi connectivity index (χ4n) is 2.25. The first-order valence-electron chi connectivity index (χ1n) is 6.89. The molecule has 0 atom stereocenters. The number of halogens is 1. The predicted octanol–water partition coefficient (Wildman–Crippen LogP) is 3.48. The molecule has 0 aliphatic rings. The summed E-state index contributed by atoms with van der Waals surface area (Å²) in [4.78, 5) is 2.85. The van der Waals surface area contributed by atoms with Gasteiger partial charge in [-0.15, -0.1) is 0 Å². The molecule has 5 nitrogen and oxygen atoms in total. The number of aromatic amines is 1. The average Bonchev–Trinajstić information content (AvgIpc) is 3.21. The number of aromatic nitrogens is 1. The normalized spacial score (nSPS) is 11.2. The number of thiophene rings is 1. The molecular weight excluding hydrogens is 349 g/mol. The Morgan fingerprint density at radius 1 is 1.29 bits per heavy atom. The molecule has 3 aromatic rings. The number of nitriles is 1. The van der Waals surface area contributed by atoms with Crippen molar-refractivity contribution >= 4 is 27.0 Å². The Kier molecular flexibility index (Phi) is 4.38. The zero-order valence-corrected chi connectivity index (χ0v) is 13.9. The molecule has 0 spiro atoms. The summed E-state index contributed by atoms with van der Waals surface area (Å²) in [6.45, 7) is 0. The van der Waals surface area contributed by atoms with E-state index in [1.54, 1.807) is 12.3 Å². The van der Waals surface area contributed by atoms with Crippen LogP contribution in [0, 0.1) is 17.1 Å². The number of anilines is 1. The van der Waals surface area contributed by atoms with Crippen LogP contribution >= 0.6 is 11.3 Å². The van der Waals surface area contributed by atoms with Gasteiger partial charge in [-0.25, -0.2) is 12.8 Å². The van der Waals surface area contributed by atoms with Crippen molar-refractivity contribution in [2.75, 3.05) is 4.72 Å². The molecule has 3 rings (SSSR count). The molecular formula is C16H12FN3O2S2. The number of sulfonamides is 1. The maximum atomic E-state index is 13.9. The van der Waals surface area contributed by atoms with Gasteiger partial charge in [-0.1, -0.05) is 0 Å². The third-order valence-electron chi connectivity index (χ3n) is 3.40. The SMILES string of the molecule is N#Cc1ccc(NS(=O)(=O)c2c[nH]cc2Cc2ccsc2)c(F)c1. The minimum atomic E-state index is -3.95. The maximum Gasteiger partial charge on any atom is 0.263 e. The molecule has 0 saturated heterocycles. The highest BCUT2D eigenvalue weighted by Gasteiger charge is 2.21. The number of hydrogen-bond acceptors (Lipinski definition) is 4. The number of rotatable bonds is 5. The van der Waals surface area contributed by atoms with Crippen LogP contribution in [0.1, 0.15) is 16.7 Å². The van der Waals surface area contributed by atoms with Gasteiger partial charge < -0.3 is 4.98 Å². The Bertz CT molecular complexity index is 1000. The van der Waals surface area contributed by atoms with Crippen LogP contribution in [0.5, 0.6) is 0 Å². The van der Waals surface area contributed by atoms with E-state index in [0.29, 0.717) is 12.0 Å². The lowest BCUT2D eigenvalue weighted by Crippen LogP contribution is -2.15. The zero-order valence-electron chi connectivity index (χ0n) is 12.3. The van der Waals surface area contributed by atoms with Gasteiger partial charge in [0.05, 0.1) is 17.3 Å². The molecule has 8 heteroatoms. The lowest BCUT2D eigenvalue weighted by Gasteiger charge is -2.09. The number of nitrogens with one attached hydrogen (secondary N) is 2. The van der Waals surface area contributed by atoms with Crippen LogP contribution in [0.3, 0.4) is 0 Å². The molecule has 1 aromatic carbocycles. The fraction of sp³-hybridized carbons (Fsp3) is 0.0625. The molecule has 0 saturated carbocycles. The first kappa shape index (κ1) is 16.2. The predicted molar refractivity (Wildman–Crippen MR) is 89.8 cm³/mol. The van der Waals surface area contributed by atoms with Gasteiger partial charge >= 0.3 is 0 Å². The molecule has 122 valence electrons. The highest BCUT2D eigenvalue weighted by atomic mass is 32.2. The molecule has 0 amide bonds. The Balaban J connectivity index is 1.89. The van der Waals surface area contributed by atoms with E-state index in [4.69, 9.17) is 5.26 Å². The second-order valence-electron chi connectivity index (χ2n) is 5.07. The Hall–Kier alpha value is -2.63. The van der Waals surface area contributed by atoms with Crippen molar-refractivity contribution in [3.05, 3.63) is 69.9 Å². The van der Waals surface area contributed by atoms with E-state index in [1.165, 1.54) is 29.7 Å². The topological polar surface area (TPSA) is 85.8 Å². The first-order chi connectivity index (χ1) is 11.5. The van der Waals surface area contributed by atoms with Gasteiger partial charge in [0, 0.05) is 18.8 Å². The van der Waals surface area contributed by atoms with Crippen LogP contribution in [-0.4, -0.2) is 13.4 Å². The van der Waals surface area contributed by atoms with Crippen LogP contribution in [0.2, 0.25) is 0 Å². The molecule has 2 N–H and O–H groups in total. The molecule has 0 aliphatic heterocycles. The van der Waals surface area contributed by atoms with Crippen molar-refractivity contribution in [1.29, 1.82) is 5.26 Å². The monoisotopic (exact) mass is 361 g/mol. The molecule has 2 aromatic heterocycles. The largest absolute Gasteiger partial charge is 0.366 e. The number of nitrogens with zero attached hydrogens (tertiary/aromatic N) is 1. The third kappa shape index (κ3) is 3.32. The van der Waals surface area contributed by atoms with Gasteiger partial charge in [0.15, 0.2) is 0 Å². The van der Waals surface area contributed by atoms with Crippen molar-refractivity contribution in [2.24, 2.45) is 0 Å². The summed E-state index contributed by atoms with van der Waals surface area (Å²) >= 11 is 1.53. The molecule has 24 heavy (non-hydrogen) atoms. The lowest BCUT2D eigenvalue weighted by atomic mass is 10.1. The minimum absolute atomic E-state index is 0.0671. The number of H-pyrrole nitrogens is 1. The summed E-state index contributed by atoms with van der Waals surface area (Å²) in [5, 5.41) is 12.6. The van der Waals surface area contributed by atoms with E-state index in [9.17, 15) is 12.8 Å². The van der Waals surface area contributed by atoms with Gasteiger partial charge in [-0.2, -0.15) is 16.6 Å². The van der Waals surface area contributed by atoms with Gasteiger partial charge in [-0.05, 0) is 46.2 Å². The minimum Gasteiger partial charge on any atom is -0.366 e. The Labute approximate surface area is 142 Å². The molecule has 0 aliphatic carbocycles. The molecule has 0 fully saturated rings. The molecule has 2 heterocycles. The molecule has 0 radical (unpaired) electrons. The second kappa shape index (κ2) is 6.47. The zero-order chi connectivity index (χ0) is 17.2. The van der Waals surface area contributed by atoms with Crippen molar-refractivity contribution in [3.63, 3.8) is 0 Å². The van der Waals surface area contributed by atoms with Gasteiger partial charge in [0.25, 0.3) is 10.0 Å². The van der Waals surface area contributed by atoms with Crippen LogP contribution in [-0.2, 0) is 16.4 Å². The Morgan fingerprint density at radius 3 is 2.79 bits per heavy atom. The summed E-state index contributed by atoms with van der Waals surface area (Å²) in [6, 6.07) is 7.29. The van der Waals surface area contributed by atoms with Crippen LogP contribution < -0.4 is 4.72 Å². The Morgan fingerprint density at radius 2 is 2.12 bits per heavy atom. The first-order valence-corrected chi connectivity index (χ1v) is 9.31. The van der Waals surface area contributed by atoms with Crippen molar-refractivity contribution in [2.45, 2.75) is 11.3 Å². The van der Waals surface area contributed by atoms with Crippen molar-refractivity contribution in [3.8, 4) is 6.07 Å². The van der Waals surface area contributed by atoms with E-state index >= 15 is 0 Å². The second-order valence-corrected chi connectivity index (χ2v) is 7.50. The van der Waals surface area contributed by atoms with E-state index in [1.807, 2.05) is 16.8 Å². The lowest BCUT2D eigenvalue weighted by molar-refractivity contribution is 0.598. The van der Waals surface area contributed by atoms with Crippen molar-refractivity contribution in [1.82, 2.24) is 4.98 Å².